The van der Waals surface area contributed by atoms with Crippen LogP contribution in [0.15, 0.2) is 12.1 Å². The fourth-order valence-electron chi connectivity index (χ4n) is 1.37. The van der Waals surface area contributed by atoms with Gasteiger partial charge in [0.25, 0.3) is 0 Å². The van der Waals surface area contributed by atoms with Gasteiger partial charge in [-0.05, 0) is 30.2 Å². The Hall–Kier alpha value is -0.780. The molecule has 84 valence electrons. The zero-order valence-electron chi connectivity index (χ0n) is 8.44. The Morgan fingerprint density at radius 2 is 1.80 bits per heavy atom. The van der Waals surface area contributed by atoms with Crippen LogP contribution in [0.25, 0.3) is 0 Å². The molecule has 0 aliphatic rings. The number of nitrogen functional groups attached to an aromatic ring is 2. The molecule has 15 heavy (non-hydrogen) atoms. The van der Waals surface area contributed by atoms with E-state index in [1.165, 1.54) is 0 Å². The largest absolute Gasteiger partial charge is 0.397 e. The number of aryl methyl sites for hydroxylation is 1. The molecule has 0 amide bonds. The van der Waals surface area contributed by atoms with Crippen LogP contribution in [0.1, 0.15) is 17.2 Å². The maximum absolute atomic E-state index is 9.81. The van der Waals surface area contributed by atoms with Gasteiger partial charge < -0.3 is 21.7 Å². The Bertz CT molecular complexity index is 358. The number of benzene rings is 1. The van der Waals surface area contributed by atoms with E-state index >= 15 is 0 Å². The van der Waals surface area contributed by atoms with E-state index in [4.69, 9.17) is 11.5 Å². The summed E-state index contributed by atoms with van der Waals surface area (Å²) in [5.41, 5.74) is 13.6. The fourth-order valence-corrected chi connectivity index (χ4v) is 1.73. The van der Waals surface area contributed by atoms with Crippen LogP contribution in [0, 0.1) is 6.92 Å². The predicted octanol–water partition coefficient (Wildman–Crippen LogP) is 0.949. The van der Waals surface area contributed by atoms with Crippen LogP contribution in [-0.4, -0.2) is 21.6 Å². The van der Waals surface area contributed by atoms with Gasteiger partial charge in [-0.1, -0.05) is 15.9 Å². The Morgan fingerprint density at radius 3 is 2.33 bits per heavy atom. The number of hydrogen-bond donors (Lipinski definition) is 4. The summed E-state index contributed by atoms with van der Waals surface area (Å²) in [6.45, 7) is 1.81. The van der Waals surface area contributed by atoms with Gasteiger partial charge in [-0.2, -0.15) is 0 Å². The lowest BCUT2D eigenvalue weighted by Crippen LogP contribution is -2.20. The first-order valence-corrected chi connectivity index (χ1v) is 5.67. The van der Waals surface area contributed by atoms with Gasteiger partial charge in [0.1, 0.15) is 6.10 Å². The summed E-state index contributed by atoms with van der Waals surface area (Å²) in [5, 5.41) is 19.6. The lowest BCUT2D eigenvalue weighted by Gasteiger charge is -2.19. The van der Waals surface area contributed by atoms with Gasteiger partial charge in [0, 0.05) is 5.33 Å². The maximum atomic E-state index is 9.81. The molecule has 0 aromatic heterocycles. The number of rotatable bonds is 3. The van der Waals surface area contributed by atoms with Gasteiger partial charge >= 0.3 is 0 Å². The van der Waals surface area contributed by atoms with Crippen molar-refractivity contribution in [2.45, 2.75) is 19.1 Å². The van der Waals surface area contributed by atoms with E-state index in [1.807, 2.05) is 6.92 Å². The topological polar surface area (TPSA) is 92.5 Å². The molecule has 0 saturated carbocycles. The van der Waals surface area contributed by atoms with Gasteiger partial charge in [-0.25, -0.2) is 0 Å². The van der Waals surface area contributed by atoms with Crippen molar-refractivity contribution in [3.63, 3.8) is 0 Å². The first-order chi connectivity index (χ1) is 6.97. The number of aliphatic hydroxyl groups excluding tert-OH is 2. The molecular weight excluding hydrogens is 260 g/mol. The standard InChI is InChI=1S/C10H15BrN2O2/c1-5-2-7(12)8(13)3-6(5)10(15)9(14)4-11/h2-3,9-10,14-15H,4,12-13H2,1H3. The molecule has 0 fully saturated rings. The van der Waals surface area contributed by atoms with Crippen molar-refractivity contribution in [2.24, 2.45) is 0 Å². The minimum atomic E-state index is -0.952. The van der Waals surface area contributed by atoms with E-state index in [1.54, 1.807) is 12.1 Å². The molecule has 0 aliphatic carbocycles. The number of halogens is 1. The van der Waals surface area contributed by atoms with Crippen LogP contribution in [0.2, 0.25) is 0 Å². The molecule has 1 aromatic carbocycles. The number of aliphatic hydroxyl groups is 2. The summed E-state index contributed by atoms with van der Waals surface area (Å²) < 4.78 is 0. The molecule has 1 rings (SSSR count). The highest BCUT2D eigenvalue weighted by atomic mass is 79.9. The van der Waals surface area contributed by atoms with Crippen LogP contribution in [0.3, 0.4) is 0 Å². The zero-order chi connectivity index (χ0) is 11.6. The van der Waals surface area contributed by atoms with E-state index in [-0.39, 0.29) is 0 Å². The first kappa shape index (κ1) is 12.3. The number of nitrogens with two attached hydrogens (primary N) is 2. The summed E-state index contributed by atoms with van der Waals surface area (Å²) in [6, 6.07) is 3.29. The smallest absolute Gasteiger partial charge is 0.106 e. The van der Waals surface area contributed by atoms with Gasteiger partial charge in [0.05, 0.1) is 17.5 Å². The van der Waals surface area contributed by atoms with E-state index in [2.05, 4.69) is 15.9 Å². The van der Waals surface area contributed by atoms with Crippen LogP contribution >= 0.6 is 15.9 Å². The lowest BCUT2D eigenvalue weighted by molar-refractivity contribution is 0.0339. The SMILES string of the molecule is Cc1cc(N)c(N)cc1C(O)C(O)CBr. The third-order valence-electron chi connectivity index (χ3n) is 2.31. The molecular formula is C10H15BrN2O2. The molecule has 2 unspecified atom stereocenters. The van der Waals surface area contributed by atoms with Crippen LogP contribution < -0.4 is 11.5 Å². The molecule has 5 heteroatoms. The van der Waals surface area contributed by atoms with Crippen molar-refractivity contribution < 1.29 is 10.2 Å². The quantitative estimate of drug-likeness (QED) is 0.488. The molecule has 1 aromatic rings. The van der Waals surface area contributed by atoms with E-state index in [0.717, 1.165) is 5.56 Å². The maximum Gasteiger partial charge on any atom is 0.106 e. The highest BCUT2D eigenvalue weighted by Gasteiger charge is 2.19. The second kappa shape index (κ2) is 4.83. The zero-order valence-corrected chi connectivity index (χ0v) is 10.0. The molecule has 0 bridgehead atoms. The van der Waals surface area contributed by atoms with E-state index in [0.29, 0.717) is 22.3 Å². The summed E-state index contributed by atoms with van der Waals surface area (Å²) in [7, 11) is 0. The van der Waals surface area contributed by atoms with Gasteiger partial charge in [0.2, 0.25) is 0 Å². The molecule has 0 saturated heterocycles. The third kappa shape index (κ3) is 2.62. The number of anilines is 2. The fraction of sp³-hybridized carbons (Fsp3) is 0.400. The molecule has 0 aliphatic heterocycles. The van der Waals surface area contributed by atoms with Crippen molar-refractivity contribution in [1.29, 1.82) is 0 Å². The van der Waals surface area contributed by atoms with Crippen LogP contribution in [0.4, 0.5) is 11.4 Å². The highest BCUT2D eigenvalue weighted by molar-refractivity contribution is 9.09. The lowest BCUT2D eigenvalue weighted by atomic mass is 9.98. The van der Waals surface area contributed by atoms with E-state index < -0.39 is 12.2 Å². The molecule has 0 radical (unpaired) electrons. The Labute approximate surface area is 97.0 Å². The average molecular weight is 275 g/mol. The Kier molecular flexibility index (Phi) is 3.96. The number of hydrogen-bond acceptors (Lipinski definition) is 4. The highest BCUT2D eigenvalue weighted by Crippen LogP contribution is 2.27. The van der Waals surface area contributed by atoms with Crippen LogP contribution in [-0.2, 0) is 0 Å². The van der Waals surface area contributed by atoms with Crippen molar-refractivity contribution in [3.05, 3.63) is 23.3 Å². The molecule has 6 N–H and O–H groups in total. The van der Waals surface area contributed by atoms with E-state index in [9.17, 15) is 10.2 Å². The second-order valence-corrected chi connectivity index (χ2v) is 4.15. The molecule has 0 spiro atoms. The second-order valence-electron chi connectivity index (χ2n) is 3.50. The normalized spacial score (nSPS) is 14.9. The van der Waals surface area contributed by atoms with Crippen LogP contribution in [0.5, 0.6) is 0 Å². The van der Waals surface area contributed by atoms with Gasteiger partial charge in [-0.3, -0.25) is 0 Å². The average Bonchev–Trinajstić information content (AvgIpc) is 2.21. The summed E-state index contributed by atoms with van der Waals surface area (Å²) in [5.74, 6) is 0. The molecule has 4 nitrogen and oxygen atoms in total. The Morgan fingerprint density at radius 1 is 1.27 bits per heavy atom. The summed E-state index contributed by atoms with van der Waals surface area (Å²) >= 11 is 3.10. The Balaban J connectivity index is 3.09. The van der Waals surface area contributed by atoms with Crippen molar-refractivity contribution in [3.8, 4) is 0 Å². The third-order valence-corrected chi connectivity index (χ3v) is 2.98. The van der Waals surface area contributed by atoms with Gasteiger partial charge in [-0.15, -0.1) is 0 Å². The summed E-state index contributed by atoms with van der Waals surface area (Å²) in [6.07, 6.45) is -1.81. The van der Waals surface area contributed by atoms with Crippen molar-refractivity contribution in [1.82, 2.24) is 0 Å². The molecule has 0 heterocycles. The monoisotopic (exact) mass is 274 g/mol. The predicted molar refractivity (Wildman–Crippen MR) is 64.8 cm³/mol. The minimum Gasteiger partial charge on any atom is -0.397 e. The molecule has 2 atom stereocenters. The van der Waals surface area contributed by atoms with Crippen molar-refractivity contribution >= 4 is 27.3 Å². The summed E-state index contributed by atoms with van der Waals surface area (Å²) in [4.78, 5) is 0. The first-order valence-electron chi connectivity index (χ1n) is 4.55. The van der Waals surface area contributed by atoms with Crippen molar-refractivity contribution in [2.75, 3.05) is 16.8 Å². The minimum absolute atomic E-state index is 0.303. The number of alkyl halides is 1. The van der Waals surface area contributed by atoms with Gasteiger partial charge in [0.15, 0.2) is 0 Å².